The van der Waals surface area contributed by atoms with E-state index in [1.165, 1.54) is 13.2 Å². The Balaban J connectivity index is 2.15. The molecule has 4 nitrogen and oxygen atoms in total. The molecule has 2 heterocycles. The van der Waals surface area contributed by atoms with Crippen LogP contribution in [0.3, 0.4) is 0 Å². The van der Waals surface area contributed by atoms with Crippen LogP contribution in [0.4, 0.5) is 4.39 Å². The molecule has 0 atom stereocenters. The fraction of sp³-hybridized carbons (Fsp3) is 0.143. The average Bonchev–Trinajstić information content (AvgIpc) is 2.74. The van der Waals surface area contributed by atoms with E-state index in [1.807, 2.05) is 22.8 Å². The van der Waals surface area contributed by atoms with E-state index in [4.69, 9.17) is 17.0 Å². The second kappa shape index (κ2) is 5.05. The summed E-state index contributed by atoms with van der Waals surface area (Å²) in [6, 6.07) is 8.72. The number of nitrogens with zero attached hydrogens (tertiary/aromatic N) is 2. The molecule has 3 rings (SSSR count). The van der Waals surface area contributed by atoms with E-state index in [-0.39, 0.29) is 5.75 Å². The summed E-state index contributed by atoms with van der Waals surface area (Å²) in [6.45, 7) is 0.522. The van der Waals surface area contributed by atoms with Crippen molar-refractivity contribution in [2.24, 2.45) is 0 Å². The number of benzene rings is 1. The predicted molar refractivity (Wildman–Crippen MR) is 77.0 cm³/mol. The molecular formula is C14H12FN3OS. The Labute approximate surface area is 119 Å². The Kier molecular flexibility index (Phi) is 3.23. The lowest BCUT2D eigenvalue weighted by atomic mass is 10.2. The monoisotopic (exact) mass is 289 g/mol. The molecule has 0 aliphatic rings. The minimum Gasteiger partial charge on any atom is -0.494 e. The van der Waals surface area contributed by atoms with Crippen LogP contribution in [0.25, 0.3) is 11.0 Å². The molecule has 20 heavy (non-hydrogen) atoms. The van der Waals surface area contributed by atoms with Gasteiger partial charge in [0.25, 0.3) is 0 Å². The first-order chi connectivity index (χ1) is 9.69. The molecule has 0 bridgehead atoms. The number of rotatable bonds is 3. The second-order valence-corrected chi connectivity index (χ2v) is 4.73. The van der Waals surface area contributed by atoms with Gasteiger partial charge in [0.1, 0.15) is 0 Å². The Morgan fingerprint density at radius 3 is 2.95 bits per heavy atom. The van der Waals surface area contributed by atoms with E-state index in [2.05, 4.69) is 9.97 Å². The van der Waals surface area contributed by atoms with Gasteiger partial charge in [0, 0.05) is 18.3 Å². The minimum absolute atomic E-state index is 0.196. The molecule has 2 aromatic heterocycles. The van der Waals surface area contributed by atoms with Crippen LogP contribution in [0.1, 0.15) is 5.69 Å². The molecule has 102 valence electrons. The minimum atomic E-state index is -0.416. The smallest absolute Gasteiger partial charge is 0.178 e. The van der Waals surface area contributed by atoms with E-state index >= 15 is 0 Å². The van der Waals surface area contributed by atoms with Gasteiger partial charge in [-0.2, -0.15) is 0 Å². The summed E-state index contributed by atoms with van der Waals surface area (Å²) in [4.78, 5) is 7.27. The second-order valence-electron chi connectivity index (χ2n) is 4.34. The lowest BCUT2D eigenvalue weighted by molar-refractivity contribution is 0.387. The number of ether oxygens (including phenoxy) is 1. The van der Waals surface area contributed by atoms with Gasteiger partial charge in [0.2, 0.25) is 0 Å². The van der Waals surface area contributed by atoms with Crippen LogP contribution >= 0.6 is 12.2 Å². The lowest BCUT2D eigenvalue weighted by Crippen LogP contribution is -2.01. The van der Waals surface area contributed by atoms with Gasteiger partial charge in [-0.1, -0.05) is 6.07 Å². The van der Waals surface area contributed by atoms with Crippen LogP contribution < -0.4 is 4.74 Å². The van der Waals surface area contributed by atoms with Gasteiger partial charge in [0.15, 0.2) is 16.3 Å². The molecule has 0 radical (unpaired) electrons. The number of aromatic nitrogens is 3. The zero-order valence-corrected chi connectivity index (χ0v) is 11.6. The van der Waals surface area contributed by atoms with Crippen molar-refractivity contribution < 1.29 is 9.13 Å². The van der Waals surface area contributed by atoms with Crippen molar-refractivity contribution in [2.75, 3.05) is 7.11 Å². The molecule has 0 unspecified atom stereocenters. The van der Waals surface area contributed by atoms with Crippen molar-refractivity contribution >= 4 is 23.3 Å². The number of methoxy groups -OCH3 is 1. The molecule has 0 aliphatic heterocycles. The highest BCUT2D eigenvalue weighted by Gasteiger charge is 2.11. The molecule has 0 fully saturated rings. The standard InChI is InChI=1S/C14H12FN3OS/c1-19-13-7-12-11(6-10(13)15)17-14(20)18(12)8-9-4-2-3-5-16-9/h2-7H,8H2,1H3,(H,17,20). The Morgan fingerprint density at radius 1 is 1.40 bits per heavy atom. The number of pyridine rings is 1. The molecule has 1 aromatic carbocycles. The number of aromatic amines is 1. The molecule has 0 saturated carbocycles. The topological polar surface area (TPSA) is 42.8 Å². The zero-order chi connectivity index (χ0) is 14.1. The van der Waals surface area contributed by atoms with Crippen LogP contribution in [0, 0.1) is 10.6 Å². The van der Waals surface area contributed by atoms with Crippen LogP contribution in [0.15, 0.2) is 36.5 Å². The maximum Gasteiger partial charge on any atom is 0.178 e. The van der Waals surface area contributed by atoms with Crippen molar-refractivity contribution in [3.8, 4) is 5.75 Å². The highest BCUT2D eigenvalue weighted by molar-refractivity contribution is 7.71. The third kappa shape index (κ3) is 2.18. The Bertz CT molecular complexity index is 810. The lowest BCUT2D eigenvalue weighted by Gasteiger charge is -2.06. The SMILES string of the molecule is COc1cc2c(cc1F)[nH]c(=S)n2Cc1ccccn1. The number of fused-ring (bicyclic) bond motifs is 1. The molecule has 0 spiro atoms. The van der Waals surface area contributed by atoms with Crippen LogP contribution in [-0.4, -0.2) is 21.6 Å². The van der Waals surface area contributed by atoms with Crippen molar-refractivity contribution in [2.45, 2.75) is 6.54 Å². The highest BCUT2D eigenvalue weighted by Crippen LogP contribution is 2.24. The fourth-order valence-electron chi connectivity index (χ4n) is 2.13. The normalized spacial score (nSPS) is 10.9. The number of imidazole rings is 1. The molecule has 3 aromatic rings. The zero-order valence-electron chi connectivity index (χ0n) is 10.8. The average molecular weight is 289 g/mol. The maximum absolute atomic E-state index is 13.7. The summed E-state index contributed by atoms with van der Waals surface area (Å²) in [7, 11) is 1.44. The number of hydrogen-bond acceptors (Lipinski definition) is 3. The first kappa shape index (κ1) is 12.8. The largest absolute Gasteiger partial charge is 0.494 e. The van der Waals surface area contributed by atoms with Crippen LogP contribution in [0.2, 0.25) is 0 Å². The highest BCUT2D eigenvalue weighted by atomic mass is 32.1. The van der Waals surface area contributed by atoms with Crippen molar-refractivity contribution in [3.05, 3.63) is 52.8 Å². The summed E-state index contributed by atoms with van der Waals surface area (Å²) in [5.74, 6) is -0.220. The van der Waals surface area contributed by atoms with Crippen LogP contribution in [0.5, 0.6) is 5.75 Å². The van der Waals surface area contributed by atoms with E-state index < -0.39 is 5.82 Å². The predicted octanol–water partition coefficient (Wildman–Crippen LogP) is 3.29. The number of halogens is 1. The van der Waals surface area contributed by atoms with Crippen molar-refractivity contribution in [1.82, 2.24) is 14.5 Å². The van der Waals surface area contributed by atoms with E-state index in [9.17, 15) is 4.39 Å². The molecule has 0 amide bonds. The summed E-state index contributed by atoms with van der Waals surface area (Å²) < 4.78 is 21.1. The quantitative estimate of drug-likeness (QED) is 0.752. The summed E-state index contributed by atoms with van der Waals surface area (Å²) in [5.41, 5.74) is 2.32. The molecule has 0 saturated heterocycles. The van der Waals surface area contributed by atoms with Crippen molar-refractivity contribution in [1.29, 1.82) is 0 Å². The molecule has 1 N–H and O–H groups in total. The summed E-state index contributed by atoms with van der Waals surface area (Å²) in [5, 5.41) is 0. The van der Waals surface area contributed by atoms with E-state index in [0.717, 1.165) is 11.2 Å². The molecule has 6 heteroatoms. The van der Waals surface area contributed by atoms with Crippen molar-refractivity contribution in [3.63, 3.8) is 0 Å². The van der Waals surface area contributed by atoms with Crippen LogP contribution in [-0.2, 0) is 6.54 Å². The van der Waals surface area contributed by atoms with E-state index in [1.54, 1.807) is 12.3 Å². The van der Waals surface area contributed by atoms with Gasteiger partial charge >= 0.3 is 0 Å². The summed E-state index contributed by atoms with van der Waals surface area (Å²) in [6.07, 6.45) is 1.73. The van der Waals surface area contributed by atoms with Gasteiger partial charge in [-0.05, 0) is 24.4 Å². The fourth-order valence-corrected chi connectivity index (χ4v) is 2.40. The Hall–Kier alpha value is -2.21. The first-order valence-electron chi connectivity index (χ1n) is 6.05. The van der Waals surface area contributed by atoms with Gasteiger partial charge in [-0.15, -0.1) is 0 Å². The third-order valence-corrected chi connectivity index (χ3v) is 3.42. The van der Waals surface area contributed by atoms with Gasteiger partial charge in [-0.25, -0.2) is 4.39 Å². The number of hydrogen-bond donors (Lipinski definition) is 1. The van der Waals surface area contributed by atoms with Gasteiger partial charge in [0.05, 0.1) is 30.4 Å². The third-order valence-electron chi connectivity index (χ3n) is 3.09. The first-order valence-corrected chi connectivity index (χ1v) is 6.46. The maximum atomic E-state index is 13.7. The number of H-pyrrole nitrogens is 1. The Morgan fingerprint density at radius 2 is 2.25 bits per heavy atom. The molecular weight excluding hydrogens is 277 g/mol. The summed E-state index contributed by atoms with van der Waals surface area (Å²) >= 11 is 5.29. The van der Waals surface area contributed by atoms with Gasteiger partial charge in [-0.3, -0.25) is 4.98 Å². The van der Waals surface area contributed by atoms with Gasteiger partial charge < -0.3 is 14.3 Å². The molecule has 0 aliphatic carbocycles. The van der Waals surface area contributed by atoms with E-state index in [0.29, 0.717) is 16.8 Å². The number of nitrogens with one attached hydrogen (secondary N) is 1.